The van der Waals surface area contributed by atoms with Crippen LogP contribution in [0.3, 0.4) is 0 Å². The fourth-order valence-electron chi connectivity index (χ4n) is 1.20. The van der Waals surface area contributed by atoms with Gasteiger partial charge in [-0.25, -0.2) is 0 Å². The maximum atomic E-state index is 11.8. The number of phenols is 1. The van der Waals surface area contributed by atoms with E-state index in [0.29, 0.717) is 5.69 Å². The van der Waals surface area contributed by atoms with Crippen molar-refractivity contribution in [2.24, 2.45) is 11.1 Å². The topological polar surface area (TPSA) is 75.4 Å². The lowest BCUT2D eigenvalue weighted by Gasteiger charge is -2.25. The van der Waals surface area contributed by atoms with Crippen molar-refractivity contribution in [1.82, 2.24) is 0 Å². The van der Waals surface area contributed by atoms with Crippen molar-refractivity contribution in [3.63, 3.8) is 0 Å². The second-order valence-corrected chi connectivity index (χ2v) is 4.88. The van der Waals surface area contributed by atoms with Crippen LogP contribution < -0.4 is 11.1 Å². The summed E-state index contributed by atoms with van der Waals surface area (Å²) in [6, 6.07) is 5.79. The van der Waals surface area contributed by atoms with Crippen molar-refractivity contribution in [3.8, 4) is 5.75 Å². The minimum absolute atomic E-state index is 0.113. The summed E-state index contributed by atoms with van der Waals surface area (Å²) in [5, 5.41) is 11.9. The minimum Gasteiger partial charge on any atom is -0.508 e. The summed E-state index contributed by atoms with van der Waals surface area (Å²) < 4.78 is 0. The van der Waals surface area contributed by atoms with Crippen LogP contribution in [-0.2, 0) is 4.79 Å². The first kappa shape index (κ1) is 12.5. The highest BCUT2D eigenvalue weighted by Gasteiger charge is 2.27. The number of amides is 1. The lowest BCUT2D eigenvalue weighted by molar-refractivity contribution is -0.119. The van der Waals surface area contributed by atoms with E-state index in [1.165, 1.54) is 6.07 Å². The monoisotopic (exact) mass is 222 g/mol. The van der Waals surface area contributed by atoms with E-state index in [1.807, 2.05) is 20.8 Å². The van der Waals surface area contributed by atoms with Crippen molar-refractivity contribution in [3.05, 3.63) is 24.3 Å². The summed E-state index contributed by atoms with van der Waals surface area (Å²) in [4.78, 5) is 11.8. The van der Waals surface area contributed by atoms with E-state index in [0.717, 1.165) is 0 Å². The average molecular weight is 222 g/mol. The van der Waals surface area contributed by atoms with Crippen LogP contribution in [-0.4, -0.2) is 17.1 Å². The predicted molar refractivity (Wildman–Crippen MR) is 64.2 cm³/mol. The molecule has 0 heterocycles. The zero-order valence-corrected chi connectivity index (χ0v) is 9.82. The Morgan fingerprint density at radius 1 is 1.44 bits per heavy atom. The molecule has 1 aromatic carbocycles. The van der Waals surface area contributed by atoms with E-state index >= 15 is 0 Å². The van der Waals surface area contributed by atoms with Crippen LogP contribution in [0.1, 0.15) is 20.8 Å². The average Bonchev–Trinajstić information content (AvgIpc) is 2.15. The van der Waals surface area contributed by atoms with Gasteiger partial charge in [0.1, 0.15) is 5.75 Å². The molecule has 0 bridgehead atoms. The van der Waals surface area contributed by atoms with E-state index in [-0.39, 0.29) is 17.1 Å². The number of nitrogens with one attached hydrogen (secondary N) is 1. The Morgan fingerprint density at radius 2 is 2.06 bits per heavy atom. The Hall–Kier alpha value is -1.55. The van der Waals surface area contributed by atoms with Gasteiger partial charge in [0.25, 0.3) is 0 Å². The summed E-state index contributed by atoms with van der Waals surface area (Å²) in [5.41, 5.74) is 6.06. The Kier molecular flexibility index (Phi) is 3.55. The van der Waals surface area contributed by atoms with Crippen molar-refractivity contribution in [2.75, 3.05) is 5.32 Å². The molecule has 0 aliphatic heterocycles. The fourth-order valence-corrected chi connectivity index (χ4v) is 1.20. The third-order valence-corrected chi connectivity index (χ3v) is 2.33. The molecule has 4 heteroatoms. The smallest absolute Gasteiger partial charge is 0.241 e. The lowest BCUT2D eigenvalue weighted by atomic mass is 9.87. The zero-order chi connectivity index (χ0) is 12.3. The molecule has 0 radical (unpaired) electrons. The molecule has 0 unspecified atom stereocenters. The van der Waals surface area contributed by atoms with Crippen LogP contribution in [0.25, 0.3) is 0 Å². The van der Waals surface area contributed by atoms with Crippen LogP contribution in [0.4, 0.5) is 5.69 Å². The number of anilines is 1. The molecular weight excluding hydrogens is 204 g/mol. The number of nitrogens with two attached hydrogens (primary N) is 1. The molecule has 4 N–H and O–H groups in total. The van der Waals surface area contributed by atoms with Crippen LogP contribution >= 0.6 is 0 Å². The van der Waals surface area contributed by atoms with Gasteiger partial charge < -0.3 is 16.2 Å². The molecule has 0 aliphatic carbocycles. The molecule has 0 aliphatic rings. The molecule has 1 atom stereocenters. The molecule has 1 rings (SSSR count). The number of hydrogen-bond donors (Lipinski definition) is 3. The lowest BCUT2D eigenvalue weighted by Crippen LogP contribution is -2.45. The number of carbonyl (C=O) groups excluding carboxylic acids is 1. The minimum atomic E-state index is -0.588. The first-order valence-electron chi connectivity index (χ1n) is 5.16. The summed E-state index contributed by atoms with van der Waals surface area (Å²) in [5.74, 6) is -0.139. The molecule has 1 aromatic rings. The van der Waals surface area contributed by atoms with Gasteiger partial charge in [0, 0.05) is 11.8 Å². The second-order valence-electron chi connectivity index (χ2n) is 4.88. The van der Waals surface area contributed by atoms with E-state index < -0.39 is 6.04 Å². The van der Waals surface area contributed by atoms with Gasteiger partial charge in [-0.1, -0.05) is 26.8 Å². The standard InChI is InChI=1S/C12H18N2O2/c1-12(2,3)10(13)11(16)14-8-5-4-6-9(15)7-8/h4-7,10,15H,13H2,1-3H3,(H,14,16)/t10-/m1/s1. The van der Waals surface area contributed by atoms with Crippen molar-refractivity contribution in [1.29, 1.82) is 0 Å². The molecule has 1 amide bonds. The third-order valence-electron chi connectivity index (χ3n) is 2.33. The van der Waals surface area contributed by atoms with E-state index in [2.05, 4.69) is 5.32 Å². The first-order chi connectivity index (χ1) is 7.30. The van der Waals surface area contributed by atoms with Crippen LogP contribution in [0.5, 0.6) is 5.75 Å². The Balaban J connectivity index is 2.72. The van der Waals surface area contributed by atoms with Gasteiger partial charge in [-0.15, -0.1) is 0 Å². The van der Waals surface area contributed by atoms with Crippen LogP contribution in [0.15, 0.2) is 24.3 Å². The normalized spacial score (nSPS) is 13.2. The molecule has 0 saturated heterocycles. The summed E-state index contributed by atoms with van der Waals surface area (Å²) >= 11 is 0. The maximum absolute atomic E-state index is 11.8. The largest absolute Gasteiger partial charge is 0.508 e. The van der Waals surface area contributed by atoms with Crippen LogP contribution in [0, 0.1) is 5.41 Å². The van der Waals surface area contributed by atoms with Gasteiger partial charge >= 0.3 is 0 Å². The zero-order valence-electron chi connectivity index (χ0n) is 9.82. The SMILES string of the molecule is CC(C)(C)[C@H](N)C(=O)Nc1cccc(O)c1. The Labute approximate surface area is 95.5 Å². The van der Waals surface area contributed by atoms with Gasteiger partial charge in [-0.2, -0.15) is 0 Å². The van der Waals surface area contributed by atoms with Crippen LogP contribution in [0.2, 0.25) is 0 Å². The molecule has 0 aromatic heterocycles. The van der Waals surface area contributed by atoms with Crippen molar-refractivity contribution < 1.29 is 9.90 Å². The van der Waals surface area contributed by atoms with Gasteiger partial charge in [0.2, 0.25) is 5.91 Å². The molecule has 16 heavy (non-hydrogen) atoms. The van der Waals surface area contributed by atoms with E-state index in [9.17, 15) is 9.90 Å². The number of phenolic OH excluding ortho intramolecular Hbond substituents is 1. The molecule has 0 spiro atoms. The summed E-state index contributed by atoms with van der Waals surface area (Å²) in [6.07, 6.45) is 0. The molecule has 0 fully saturated rings. The second kappa shape index (κ2) is 4.53. The number of aromatic hydroxyl groups is 1. The van der Waals surface area contributed by atoms with Gasteiger partial charge in [-0.05, 0) is 17.5 Å². The summed E-state index contributed by atoms with van der Waals surface area (Å²) in [7, 11) is 0. The van der Waals surface area contributed by atoms with Gasteiger partial charge in [-0.3, -0.25) is 4.79 Å². The van der Waals surface area contributed by atoms with E-state index in [1.54, 1.807) is 18.2 Å². The number of rotatable bonds is 2. The number of benzene rings is 1. The fraction of sp³-hybridized carbons (Fsp3) is 0.417. The van der Waals surface area contributed by atoms with E-state index in [4.69, 9.17) is 5.73 Å². The highest BCUT2D eigenvalue weighted by atomic mass is 16.3. The molecule has 88 valence electrons. The quantitative estimate of drug-likeness (QED) is 0.713. The highest BCUT2D eigenvalue weighted by Crippen LogP contribution is 2.20. The van der Waals surface area contributed by atoms with Crippen molar-refractivity contribution >= 4 is 11.6 Å². The van der Waals surface area contributed by atoms with Gasteiger partial charge in [0.15, 0.2) is 0 Å². The maximum Gasteiger partial charge on any atom is 0.241 e. The number of carbonyl (C=O) groups is 1. The third kappa shape index (κ3) is 3.24. The Bertz CT molecular complexity index is 383. The van der Waals surface area contributed by atoms with Gasteiger partial charge in [0.05, 0.1) is 6.04 Å². The molecular formula is C12H18N2O2. The Morgan fingerprint density at radius 3 is 2.56 bits per heavy atom. The highest BCUT2D eigenvalue weighted by molar-refractivity contribution is 5.95. The summed E-state index contributed by atoms with van der Waals surface area (Å²) in [6.45, 7) is 5.71. The molecule has 0 saturated carbocycles. The molecule has 4 nitrogen and oxygen atoms in total. The van der Waals surface area contributed by atoms with Crippen molar-refractivity contribution in [2.45, 2.75) is 26.8 Å². The first-order valence-corrected chi connectivity index (χ1v) is 5.16. The number of hydrogen-bond acceptors (Lipinski definition) is 3. The predicted octanol–water partition coefficient (Wildman–Crippen LogP) is 1.70.